The van der Waals surface area contributed by atoms with E-state index in [1.54, 1.807) is 0 Å². The number of nitrogens with one attached hydrogen (secondary N) is 1. The molecule has 0 saturated carbocycles. The van der Waals surface area contributed by atoms with Gasteiger partial charge in [0.25, 0.3) is 0 Å². The summed E-state index contributed by atoms with van der Waals surface area (Å²) < 4.78 is 0. The molecule has 0 spiro atoms. The Morgan fingerprint density at radius 2 is 2.41 bits per heavy atom. The van der Waals surface area contributed by atoms with Crippen LogP contribution >= 0.6 is 0 Å². The number of carbonyl (C=O) groups excluding carboxylic acids is 1. The first kappa shape index (κ1) is 12.0. The maximum absolute atomic E-state index is 10.8. The first-order chi connectivity index (χ1) is 8.15. The molecule has 1 aromatic rings. The van der Waals surface area contributed by atoms with Crippen molar-refractivity contribution >= 4 is 5.91 Å². The van der Waals surface area contributed by atoms with E-state index < -0.39 is 0 Å². The monoisotopic (exact) mass is 234 g/mol. The Morgan fingerprint density at radius 1 is 1.59 bits per heavy atom. The van der Waals surface area contributed by atoms with Gasteiger partial charge < -0.3 is 11.1 Å². The lowest BCUT2D eigenvalue weighted by molar-refractivity contribution is -0.118. The average Bonchev–Trinajstić information content (AvgIpc) is 2.79. The van der Waals surface area contributed by atoms with Crippen LogP contribution in [0.25, 0.3) is 0 Å². The zero-order valence-electron chi connectivity index (χ0n) is 10.1. The van der Waals surface area contributed by atoms with E-state index in [0.717, 1.165) is 30.2 Å². The number of rotatable bonds is 4. The third kappa shape index (κ3) is 3.23. The minimum Gasteiger partial charge on any atom is -0.370 e. The number of nitrogens with zero attached hydrogens (tertiary/aromatic N) is 2. The third-order valence-electron chi connectivity index (χ3n) is 2.96. The molecule has 1 amide bonds. The Labute approximate surface area is 101 Å². The van der Waals surface area contributed by atoms with Gasteiger partial charge >= 0.3 is 0 Å². The first-order valence-electron chi connectivity index (χ1n) is 6.01. The molecule has 2 heterocycles. The Hall–Kier alpha value is -1.49. The molecule has 0 radical (unpaired) electrons. The van der Waals surface area contributed by atoms with Crippen LogP contribution in [0.1, 0.15) is 42.5 Å². The van der Waals surface area contributed by atoms with Gasteiger partial charge in [-0.1, -0.05) is 0 Å². The van der Waals surface area contributed by atoms with Gasteiger partial charge in [0.1, 0.15) is 5.82 Å². The minimum atomic E-state index is -0.290. The molecule has 1 saturated heterocycles. The fourth-order valence-corrected chi connectivity index (χ4v) is 2.15. The van der Waals surface area contributed by atoms with Crippen LogP contribution in [-0.4, -0.2) is 22.4 Å². The van der Waals surface area contributed by atoms with Crippen molar-refractivity contribution in [3.05, 3.63) is 23.3 Å². The van der Waals surface area contributed by atoms with Crippen molar-refractivity contribution in [2.24, 2.45) is 5.73 Å². The fraction of sp³-hybridized carbons (Fsp3) is 0.583. The van der Waals surface area contributed by atoms with Crippen molar-refractivity contribution in [1.82, 2.24) is 15.3 Å². The topological polar surface area (TPSA) is 80.9 Å². The number of aryl methyl sites for hydroxylation is 2. The Kier molecular flexibility index (Phi) is 3.68. The summed E-state index contributed by atoms with van der Waals surface area (Å²) in [6.45, 7) is 2.93. The van der Waals surface area contributed by atoms with Gasteiger partial charge in [-0.25, -0.2) is 9.97 Å². The van der Waals surface area contributed by atoms with Gasteiger partial charge in [0.05, 0.1) is 5.69 Å². The minimum absolute atomic E-state index is 0.290. The third-order valence-corrected chi connectivity index (χ3v) is 2.96. The van der Waals surface area contributed by atoms with Crippen LogP contribution in [0.15, 0.2) is 6.07 Å². The number of carbonyl (C=O) groups is 1. The highest BCUT2D eigenvalue weighted by molar-refractivity contribution is 5.73. The van der Waals surface area contributed by atoms with E-state index in [2.05, 4.69) is 15.3 Å². The normalized spacial score (nSPS) is 19.5. The Bertz CT molecular complexity index is 413. The smallest absolute Gasteiger partial charge is 0.217 e. The van der Waals surface area contributed by atoms with Crippen LogP contribution in [0.2, 0.25) is 0 Å². The highest BCUT2D eigenvalue weighted by Gasteiger charge is 2.18. The lowest BCUT2D eigenvalue weighted by Gasteiger charge is -2.11. The lowest BCUT2D eigenvalue weighted by Crippen LogP contribution is -2.16. The number of primary amides is 1. The van der Waals surface area contributed by atoms with E-state index >= 15 is 0 Å². The molecule has 2 rings (SSSR count). The summed E-state index contributed by atoms with van der Waals surface area (Å²) in [6, 6.07) is 2.32. The molecular formula is C12H18N4O. The SMILES string of the molecule is Cc1nc(CCC(N)=O)cc([C@H]2CCCN2)n1. The first-order valence-corrected chi connectivity index (χ1v) is 6.01. The lowest BCUT2D eigenvalue weighted by atomic mass is 10.1. The summed E-state index contributed by atoms with van der Waals surface area (Å²) in [7, 11) is 0. The molecule has 0 aromatic carbocycles. The number of nitrogens with two attached hydrogens (primary N) is 1. The summed E-state index contributed by atoms with van der Waals surface area (Å²) in [6.07, 6.45) is 3.24. The van der Waals surface area contributed by atoms with Crippen LogP contribution < -0.4 is 11.1 Å². The van der Waals surface area contributed by atoms with E-state index in [-0.39, 0.29) is 5.91 Å². The fourth-order valence-electron chi connectivity index (χ4n) is 2.15. The second-order valence-corrected chi connectivity index (χ2v) is 4.45. The molecule has 5 heteroatoms. The van der Waals surface area contributed by atoms with Crippen LogP contribution in [-0.2, 0) is 11.2 Å². The standard InChI is InChI=1S/C12H18N4O/c1-8-15-9(4-5-12(13)17)7-11(16-8)10-3-2-6-14-10/h7,10,14H,2-6H2,1H3,(H2,13,17)/t10-/m1/s1. The van der Waals surface area contributed by atoms with Crippen molar-refractivity contribution in [3.63, 3.8) is 0 Å². The van der Waals surface area contributed by atoms with Crippen molar-refractivity contribution < 1.29 is 4.79 Å². The molecule has 1 atom stereocenters. The van der Waals surface area contributed by atoms with Crippen molar-refractivity contribution in [2.75, 3.05) is 6.54 Å². The summed E-state index contributed by atoms with van der Waals surface area (Å²) in [4.78, 5) is 19.5. The molecule has 1 aromatic heterocycles. The Balaban J connectivity index is 2.13. The van der Waals surface area contributed by atoms with Gasteiger partial charge in [0, 0.05) is 18.2 Å². The Morgan fingerprint density at radius 3 is 3.06 bits per heavy atom. The highest BCUT2D eigenvalue weighted by atomic mass is 16.1. The quantitative estimate of drug-likeness (QED) is 0.800. The molecule has 0 unspecified atom stereocenters. The summed E-state index contributed by atoms with van der Waals surface area (Å²) in [5, 5.41) is 3.41. The molecule has 17 heavy (non-hydrogen) atoms. The molecule has 5 nitrogen and oxygen atoms in total. The van der Waals surface area contributed by atoms with E-state index in [0.29, 0.717) is 18.9 Å². The number of hydrogen-bond acceptors (Lipinski definition) is 4. The predicted molar refractivity (Wildman–Crippen MR) is 64.3 cm³/mol. The second-order valence-electron chi connectivity index (χ2n) is 4.45. The maximum Gasteiger partial charge on any atom is 0.217 e. The molecule has 1 fully saturated rings. The molecule has 1 aliphatic heterocycles. The van der Waals surface area contributed by atoms with Gasteiger partial charge in [-0.15, -0.1) is 0 Å². The van der Waals surface area contributed by atoms with Gasteiger partial charge in [0.15, 0.2) is 0 Å². The van der Waals surface area contributed by atoms with E-state index in [1.807, 2.05) is 13.0 Å². The number of aromatic nitrogens is 2. The van der Waals surface area contributed by atoms with Crippen LogP contribution in [0.4, 0.5) is 0 Å². The van der Waals surface area contributed by atoms with E-state index in [9.17, 15) is 4.79 Å². The molecule has 92 valence electrons. The summed E-state index contributed by atoms with van der Waals surface area (Å²) in [5.74, 6) is 0.470. The van der Waals surface area contributed by atoms with E-state index in [1.165, 1.54) is 6.42 Å². The number of amides is 1. The van der Waals surface area contributed by atoms with Crippen molar-refractivity contribution in [2.45, 2.75) is 38.6 Å². The highest BCUT2D eigenvalue weighted by Crippen LogP contribution is 2.21. The van der Waals surface area contributed by atoms with Crippen LogP contribution in [0.3, 0.4) is 0 Å². The molecule has 1 aliphatic rings. The molecule has 0 bridgehead atoms. The van der Waals surface area contributed by atoms with Crippen LogP contribution in [0.5, 0.6) is 0 Å². The van der Waals surface area contributed by atoms with Gasteiger partial charge in [-0.3, -0.25) is 4.79 Å². The van der Waals surface area contributed by atoms with E-state index in [4.69, 9.17) is 5.73 Å². The van der Waals surface area contributed by atoms with Crippen molar-refractivity contribution in [3.8, 4) is 0 Å². The van der Waals surface area contributed by atoms with Gasteiger partial charge in [-0.2, -0.15) is 0 Å². The van der Waals surface area contributed by atoms with Gasteiger partial charge in [0.2, 0.25) is 5.91 Å². The summed E-state index contributed by atoms with van der Waals surface area (Å²) >= 11 is 0. The predicted octanol–water partition coefficient (Wildman–Crippen LogP) is 0.627. The molecule has 3 N–H and O–H groups in total. The van der Waals surface area contributed by atoms with Crippen LogP contribution in [0, 0.1) is 6.92 Å². The zero-order chi connectivity index (χ0) is 12.3. The molecular weight excluding hydrogens is 216 g/mol. The van der Waals surface area contributed by atoms with Crippen molar-refractivity contribution in [1.29, 1.82) is 0 Å². The zero-order valence-corrected chi connectivity index (χ0v) is 10.1. The number of hydrogen-bond donors (Lipinski definition) is 2. The largest absolute Gasteiger partial charge is 0.370 e. The average molecular weight is 234 g/mol. The van der Waals surface area contributed by atoms with Gasteiger partial charge in [-0.05, 0) is 38.8 Å². The molecule has 0 aliphatic carbocycles. The summed E-state index contributed by atoms with van der Waals surface area (Å²) in [5.41, 5.74) is 7.08. The maximum atomic E-state index is 10.8. The second kappa shape index (κ2) is 5.23.